The molecule has 0 aromatic heterocycles. The van der Waals surface area contributed by atoms with Crippen LogP contribution in [-0.2, 0) is 19.3 Å². The maximum Gasteiger partial charge on any atom is 0.416 e. The summed E-state index contributed by atoms with van der Waals surface area (Å²) in [5.41, 5.74) is 0.486. The predicted octanol–water partition coefficient (Wildman–Crippen LogP) is 4.33. The number of rotatable bonds is 4. The molecule has 3 nitrogen and oxygen atoms in total. The van der Waals surface area contributed by atoms with E-state index in [0.717, 1.165) is 12.1 Å². The molecule has 0 saturated heterocycles. The van der Waals surface area contributed by atoms with Gasteiger partial charge in [-0.05, 0) is 23.8 Å². The highest BCUT2D eigenvalue weighted by Gasteiger charge is 2.29. The summed E-state index contributed by atoms with van der Waals surface area (Å²) in [6.45, 7) is 0.550. The van der Waals surface area contributed by atoms with Gasteiger partial charge in [0.15, 0.2) is 5.96 Å². The van der Waals surface area contributed by atoms with Crippen molar-refractivity contribution in [3.63, 3.8) is 0 Å². The summed E-state index contributed by atoms with van der Waals surface area (Å²) < 4.78 is 51.1. The quantitative estimate of drug-likeness (QED) is 0.304. The minimum Gasteiger partial charge on any atom is -0.352 e. The Kier molecular flexibility index (Phi) is 8.14. The normalized spacial score (nSPS) is 11.6. The fourth-order valence-corrected chi connectivity index (χ4v) is 2.04. The van der Waals surface area contributed by atoms with E-state index in [2.05, 4.69) is 15.6 Å². The number of aliphatic imine (C=N–C) groups is 1. The number of nitrogens with zero attached hydrogens (tertiary/aromatic N) is 1. The van der Waals surface area contributed by atoms with E-state index in [0.29, 0.717) is 23.6 Å². The van der Waals surface area contributed by atoms with Crippen LogP contribution in [0.25, 0.3) is 0 Å². The highest BCUT2D eigenvalue weighted by atomic mass is 127. The van der Waals surface area contributed by atoms with E-state index < -0.39 is 11.7 Å². The van der Waals surface area contributed by atoms with Crippen molar-refractivity contribution in [3.05, 3.63) is 71.0 Å². The molecule has 0 spiro atoms. The van der Waals surface area contributed by atoms with Crippen LogP contribution in [0.5, 0.6) is 0 Å². The number of halogens is 5. The van der Waals surface area contributed by atoms with Crippen molar-refractivity contribution in [1.82, 2.24) is 10.6 Å². The van der Waals surface area contributed by atoms with Gasteiger partial charge in [-0.1, -0.05) is 30.3 Å². The van der Waals surface area contributed by atoms with Gasteiger partial charge < -0.3 is 10.6 Å². The first-order valence-corrected chi connectivity index (χ1v) is 7.24. The molecule has 0 amide bonds. The van der Waals surface area contributed by atoms with Gasteiger partial charge in [0, 0.05) is 25.7 Å². The van der Waals surface area contributed by atoms with Crippen molar-refractivity contribution < 1.29 is 17.6 Å². The lowest BCUT2D eigenvalue weighted by Crippen LogP contribution is -2.36. The number of nitrogens with one attached hydrogen (secondary N) is 2. The van der Waals surface area contributed by atoms with Gasteiger partial charge in [0.1, 0.15) is 5.82 Å². The van der Waals surface area contributed by atoms with Crippen molar-refractivity contribution in [2.75, 3.05) is 7.05 Å². The Morgan fingerprint density at radius 3 is 2.12 bits per heavy atom. The highest BCUT2D eigenvalue weighted by Crippen LogP contribution is 2.29. The molecule has 136 valence electrons. The first-order chi connectivity index (χ1) is 11.4. The lowest BCUT2D eigenvalue weighted by Gasteiger charge is -2.13. The summed E-state index contributed by atoms with van der Waals surface area (Å²) in [7, 11) is 1.56. The number of alkyl halides is 3. The van der Waals surface area contributed by atoms with Crippen molar-refractivity contribution in [2.24, 2.45) is 4.99 Å². The highest BCUT2D eigenvalue weighted by molar-refractivity contribution is 14.0. The van der Waals surface area contributed by atoms with E-state index in [1.54, 1.807) is 25.2 Å². The Morgan fingerprint density at radius 1 is 0.960 bits per heavy atom. The lowest BCUT2D eigenvalue weighted by atomic mass is 10.1. The molecule has 0 aliphatic carbocycles. The SMILES string of the molecule is CN=C(NCc1ccc(C(F)(F)F)cc1)NCc1ccccc1F.I. The second-order valence-electron chi connectivity index (χ2n) is 5.07. The molecule has 0 aliphatic rings. The fraction of sp³-hybridized carbons (Fsp3) is 0.235. The van der Waals surface area contributed by atoms with Gasteiger partial charge in [0.2, 0.25) is 0 Å². The molecule has 0 radical (unpaired) electrons. The van der Waals surface area contributed by atoms with Gasteiger partial charge in [-0.15, -0.1) is 24.0 Å². The summed E-state index contributed by atoms with van der Waals surface area (Å²) in [5, 5.41) is 5.92. The lowest BCUT2D eigenvalue weighted by molar-refractivity contribution is -0.137. The summed E-state index contributed by atoms with van der Waals surface area (Å²) in [6, 6.07) is 11.2. The molecule has 0 saturated carbocycles. The first-order valence-electron chi connectivity index (χ1n) is 7.24. The summed E-state index contributed by atoms with van der Waals surface area (Å²) in [5.74, 6) is 0.112. The molecule has 2 aromatic carbocycles. The van der Waals surface area contributed by atoms with Gasteiger partial charge in [-0.3, -0.25) is 4.99 Å². The summed E-state index contributed by atoms with van der Waals surface area (Å²) >= 11 is 0. The molecule has 2 aromatic rings. The molecular weight excluding hydrogens is 449 g/mol. The van der Waals surface area contributed by atoms with Gasteiger partial charge in [-0.25, -0.2) is 4.39 Å². The Morgan fingerprint density at radius 2 is 1.56 bits per heavy atom. The van der Waals surface area contributed by atoms with Crippen molar-refractivity contribution in [2.45, 2.75) is 19.3 Å². The average molecular weight is 467 g/mol. The largest absolute Gasteiger partial charge is 0.416 e. The molecule has 2 rings (SSSR count). The number of hydrogen-bond acceptors (Lipinski definition) is 1. The van der Waals surface area contributed by atoms with E-state index in [4.69, 9.17) is 0 Å². The standard InChI is InChI=1S/C17H17F4N3.HI/c1-22-16(24-11-13-4-2-3-5-15(13)18)23-10-12-6-8-14(9-7-12)17(19,20)21;/h2-9H,10-11H2,1H3,(H2,22,23,24);1H. The van der Waals surface area contributed by atoms with E-state index >= 15 is 0 Å². The molecule has 0 atom stereocenters. The van der Waals surface area contributed by atoms with Crippen molar-refractivity contribution in [1.29, 1.82) is 0 Å². The van der Waals surface area contributed by atoms with Crippen LogP contribution in [0.3, 0.4) is 0 Å². The van der Waals surface area contributed by atoms with E-state index in [9.17, 15) is 17.6 Å². The van der Waals surface area contributed by atoms with Crippen LogP contribution < -0.4 is 10.6 Å². The number of guanidine groups is 1. The monoisotopic (exact) mass is 467 g/mol. The third kappa shape index (κ3) is 6.52. The average Bonchev–Trinajstić information content (AvgIpc) is 2.56. The fourth-order valence-electron chi connectivity index (χ4n) is 2.04. The van der Waals surface area contributed by atoms with Crippen LogP contribution in [0, 0.1) is 5.82 Å². The molecule has 0 unspecified atom stereocenters. The Hall–Kier alpha value is -1.84. The maximum absolute atomic E-state index is 13.5. The second kappa shape index (κ2) is 9.59. The molecule has 2 N–H and O–H groups in total. The number of benzene rings is 2. The van der Waals surface area contributed by atoms with Crippen molar-refractivity contribution >= 4 is 29.9 Å². The van der Waals surface area contributed by atoms with Crippen LogP contribution in [0.15, 0.2) is 53.5 Å². The van der Waals surface area contributed by atoms with Gasteiger partial charge in [0.05, 0.1) is 5.56 Å². The van der Waals surface area contributed by atoms with Crippen LogP contribution in [-0.4, -0.2) is 13.0 Å². The second-order valence-corrected chi connectivity index (χ2v) is 5.07. The van der Waals surface area contributed by atoms with Crippen molar-refractivity contribution in [3.8, 4) is 0 Å². The van der Waals surface area contributed by atoms with Gasteiger partial charge >= 0.3 is 6.18 Å². The summed E-state index contributed by atoms with van der Waals surface area (Å²) in [6.07, 6.45) is -4.34. The van der Waals surface area contributed by atoms with Crippen LogP contribution in [0.1, 0.15) is 16.7 Å². The van der Waals surface area contributed by atoms with E-state index in [1.807, 2.05) is 0 Å². The Bertz CT molecular complexity index is 700. The minimum atomic E-state index is -4.34. The molecular formula is C17H18F4IN3. The first kappa shape index (κ1) is 21.2. The third-order valence-electron chi connectivity index (χ3n) is 3.37. The van der Waals surface area contributed by atoms with Gasteiger partial charge in [-0.2, -0.15) is 13.2 Å². The van der Waals surface area contributed by atoms with Crippen LogP contribution in [0.4, 0.5) is 17.6 Å². The molecule has 25 heavy (non-hydrogen) atoms. The molecule has 0 heterocycles. The topological polar surface area (TPSA) is 36.4 Å². The zero-order valence-electron chi connectivity index (χ0n) is 13.4. The van der Waals surface area contributed by atoms with Crippen LogP contribution in [0.2, 0.25) is 0 Å². The Balaban J connectivity index is 0.00000312. The molecule has 0 bridgehead atoms. The number of hydrogen-bond donors (Lipinski definition) is 2. The van der Waals surface area contributed by atoms with E-state index in [-0.39, 0.29) is 36.3 Å². The maximum atomic E-state index is 13.5. The smallest absolute Gasteiger partial charge is 0.352 e. The van der Waals surface area contributed by atoms with Gasteiger partial charge in [0.25, 0.3) is 0 Å². The third-order valence-corrected chi connectivity index (χ3v) is 3.37. The van der Waals surface area contributed by atoms with E-state index in [1.165, 1.54) is 18.2 Å². The Labute approximate surface area is 160 Å². The predicted molar refractivity (Wildman–Crippen MR) is 100 cm³/mol. The zero-order valence-corrected chi connectivity index (χ0v) is 15.7. The summed E-state index contributed by atoms with van der Waals surface area (Å²) in [4.78, 5) is 4.00. The molecule has 0 fully saturated rings. The molecule has 8 heteroatoms. The van der Waals surface area contributed by atoms with Crippen LogP contribution >= 0.6 is 24.0 Å². The minimum absolute atomic E-state index is 0. The molecule has 0 aliphatic heterocycles. The zero-order chi connectivity index (χ0) is 17.6.